The maximum absolute atomic E-state index is 13.8. The molecular formula is C51H77NO12. The summed E-state index contributed by atoms with van der Waals surface area (Å²) in [6.45, 7) is 13.5. The van der Waals surface area contributed by atoms with Gasteiger partial charge in [-0.15, -0.1) is 0 Å². The van der Waals surface area contributed by atoms with Crippen LogP contribution in [0.3, 0.4) is 0 Å². The number of piperidine rings is 1. The molecule has 1 amide bonds. The first kappa shape index (κ1) is 53.0. The highest BCUT2D eigenvalue weighted by Crippen LogP contribution is 2.39. The van der Waals surface area contributed by atoms with Crippen molar-refractivity contribution in [2.24, 2.45) is 35.5 Å². The molecule has 1 aliphatic carbocycles. The summed E-state index contributed by atoms with van der Waals surface area (Å²) >= 11 is 0. The smallest absolute Gasteiger partial charge is 0.355 e. The van der Waals surface area contributed by atoms with Gasteiger partial charge in [0, 0.05) is 52.0 Å². The molecule has 4 fully saturated rings. The molecule has 64 heavy (non-hydrogen) atoms. The molecule has 14 atom stereocenters. The van der Waals surface area contributed by atoms with Crippen molar-refractivity contribution in [3.05, 3.63) is 59.8 Å². The zero-order chi connectivity index (χ0) is 47.3. The molecule has 1 saturated carbocycles. The van der Waals surface area contributed by atoms with E-state index in [2.05, 4.69) is 6.92 Å². The summed E-state index contributed by atoms with van der Waals surface area (Å²) in [5.74, 6) is -5.03. The number of Topliss-reactive ketones (excluding diaryl/α,β-unsaturated/α-hetero) is 2. The van der Waals surface area contributed by atoms with E-state index >= 15 is 0 Å². The van der Waals surface area contributed by atoms with Crippen LogP contribution >= 0.6 is 0 Å². The van der Waals surface area contributed by atoms with Crippen molar-refractivity contribution in [2.45, 2.75) is 168 Å². The number of amides is 1. The van der Waals surface area contributed by atoms with Gasteiger partial charge in [-0.25, -0.2) is 4.79 Å². The van der Waals surface area contributed by atoms with Gasteiger partial charge >= 0.3 is 17.7 Å². The molecule has 3 saturated heterocycles. The molecule has 3 heterocycles. The van der Waals surface area contributed by atoms with Gasteiger partial charge in [-0.2, -0.15) is 0 Å². The number of nitrogens with zero attached hydrogens (tertiary/aromatic N) is 1. The van der Waals surface area contributed by atoms with Crippen molar-refractivity contribution in [1.29, 1.82) is 0 Å². The molecule has 0 aromatic carbocycles. The van der Waals surface area contributed by atoms with Crippen LogP contribution in [0.1, 0.15) is 119 Å². The second kappa shape index (κ2) is 24.8. The number of aliphatic hydroxyl groups is 2. The number of hydrogen-bond donors (Lipinski definition) is 2. The number of ketones is 3. The lowest BCUT2D eigenvalue weighted by atomic mass is 9.80. The Bertz CT molecular complexity index is 1770. The van der Waals surface area contributed by atoms with Gasteiger partial charge in [0.2, 0.25) is 5.78 Å². The van der Waals surface area contributed by atoms with Gasteiger partial charge in [-0.1, -0.05) is 77.2 Å². The van der Waals surface area contributed by atoms with Crippen LogP contribution in [0.4, 0.5) is 0 Å². The third-order valence-corrected chi connectivity index (χ3v) is 13.8. The van der Waals surface area contributed by atoms with Gasteiger partial charge in [-0.3, -0.25) is 19.2 Å². The Labute approximate surface area is 381 Å². The summed E-state index contributed by atoms with van der Waals surface area (Å²) in [5, 5.41) is 21.3. The Hall–Kier alpha value is -3.59. The lowest BCUT2D eigenvalue weighted by molar-refractivity contribution is -0.257. The number of fused-ring (bicyclic) bond motifs is 1. The predicted octanol–water partition coefficient (Wildman–Crippen LogP) is 6.99. The monoisotopic (exact) mass is 896 g/mol. The fourth-order valence-electron chi connectivity index (χ4n) is 9.77. The largest absolute Gasteiger partial charge is 0.415 e. The summed E-state index contributed by atoms with van der Waals surface area (Å²) in [6.07, 6.45) is 18.4. The van der Waals surface area contributed by atoms with E-state index in [1.165, 1.54) is 12.0 Å². The Morgan fingerprint density at radius 3 is 2.31 bits per heavy atom. The number of esters is 1. The molecular weight excluding hydrogens is 819 g/mol. The number of allylic oxidation sites excluding steroid dienone is 8. The van der Waals surface area contributed by atoms with Crippen LogP contribution < -0.4 is 0 Å². The molecule has 1 unspecified atom stereocenters. The molecule has 4 aliphatic rings. The molecule has 358 valence electrons. The van der Waals surface area contributed by atoms with E-state index in [1.54, 1.807) is 47.1 Å². The summed E-state index contributed by atoms with van der Waals surface area (Å²) in [5.41, 5.74) is 1.39. The topological polar surface area (TPSA) is 175 Å². The zero-order valence-corrected chi connectivity index (χ0v) is 40.0. The number of ether oxygens (including phenoxy) is 5. The molecule has 0 bridgehead atoms. The molecule has 0 radical (unpaired) electrons. The van der Waals surface area contributed by atoms with Crippen LogP contribution in [0, 0.1) is 35.5 Å². The molecule has 0 aromatic rings. The van der Waals surface area contributed by atoms with E-state index < -0.39 is 77.8 Å². The number of carbonyl (C=O) groups is 5. The molecule has 1 spiro atoms. The number of methoxy groups -OCH3 is 3. The van der Waals surface area contributed by atoms with Crippen molar-refractivity contribution >= 4 is 29.2 Å². The van der Waals surface area contributed by atoms with Crippen molar-refractivity contribution in [3.63, 3.8) is 0 Å². The molecule has 4 rings (SSSR count). The SMILES string of the molecule is CO[C@@H](C[C@@H]1CC[C@@H](C)C(=O)C2(OC(=O)[C@@H]3CCCCN3C2=O)O1)/C(C)=C/C=C/C=C/[C@@H](C)C[C@@H](C)C(=O)[C@H](OC)[C@H](O)/C(C)=C/[C@@H](C)C(=O)/C=C/[C@H](C)C[C@@H]1CC[C@@H](O)[C@H](OC)C1. The fraction of sp³-hybridized carbons (Fsp3) is 0.706. The maximum Gasteiger partial charge on any atom is 0.355 e. The Kier molecular flexibility index (Phi) is 20.5. The minimum absolute atomic E-state index is 0.0336. The van der Waals surface area contributed by atoms with Gasteiger partial charge in [0.1, 0.15) is 18.2 Å². The average Bonchev–Trinajstić information content (AvgIpc) is 3.38. The second-order valence-corrected chi connectivity index (χ2v) is 19.1. The summed E-state index contributed by atoms with van der Waals surface area (Å²) in [6, 6.07) is -0.676. The number of carbonyl (C=O) groups excluding carboxylic acids is 5. The van der Waals surface area contributed by atoms with Crippen LogP contribution in [0.5, 0.6) is 0 Å². The predicted molar refractivity (Wildman–Crippen MR) is 244 cm³/mol. The lowest BCUT2D eigenvalue weighted by Crippen LogP contribution is -2.69. The third-order valence-electron chi connectivity index (χ3n) is 13.8. The Morgan fingerprint density at radius 2 is 1.62 bits per heavy atom. The van der Waals surface area contributed by atoms with Crippen LogP contribution in [-0.4, -0.2) is 121 Å². The minimum atomic E-state index is -2.26. The Balaban J connectivity index is 1.27. The van der Waals surface area contributed by atoms with Gasteiger partial charge in [0.25, 0.3) is 0 Å². The number of rotatable bonds is 21. The summed E-state index contributed by atoms with van der Waals surface area (Å²) < 4.78 is 28.8. The van der Waals surface area contributed by atoms with E-state index in [4.69, 9.17) is 23.7 Å². The second-order valence-electron chi connectivity index (χ2n) is 19.1. The highest BCUT2D eigenvalue weighted by molar-refractivity contribution is 6.12. The van der Waals surface area contributed by atoms with Crippen LogP contribution in [0.15, 0.2) is 59.8 Å². The van der Waals surface area contributed by atoms with Gasteiger partial charge in [0.15, 0.2) is 11.6 Å². The average molecular weight is 896 g/mol. The molecule has 3 aliphatic heterocycles. The molecule has 2 N–H and O–H groups in total. The zero-order valence-electron chi connectivity index (χ0n) is 40.0. The molecule has 13 heteroatoms. The first-order valence-corrected chi connectivity index (χ1v) is 23.5. The first-order valence-electron chi connectivity index (χ1n) is 23.5. The Morgan fingerprint density at radius 1 is 0.891 bits per heavy atom. The quantitative estimate of drug-likeness (QED) is 0.0398. The van der Waals surface area contributed by atoms with Crippen molar-refractivity contribution < 1.29 is 57.9 Å². The normalized spacial score (nSPS) is 30.8. The highest BCUT2D eigenvalue weighted by atomic mass is 16.7. The van der Waals surface area contributed by atoms with Crippen LogP contribution in [0.2, 0.25) is 0 Å². The maximum atomic E-state index is 13.8. The number of morpholine rings is 1. The summed E-state index contributed by atoms with van der Waals surface area (Å²) in [4.78, 5) is 68.5. The van der Waals surface area contributed by atoms with Crippen LogP contribution in [0.25, 0.3) is 0 Å². The minimum Gasteiger partial charge on any atom is -0.415 e. The van der Waals surface area contributed by atoms with Gasteiger partial charge in [0.05, 0.1) is 24.4 Å². The van der Waals surface area contributed by atoms with Crippen molar-refractivity contribution in [1.82, 2.24) is 4.90 Å². The van der Waals surface area contributed by atoms with Gasteiger partial charge in [-0.05, 0) is 113 Å². The molecule has 0 aromatic heterocycles. The highest BCUT2D eigenvalue weighted by Gasteiger charge is 2.62. The fourth-order valence-corrected chi connectivity index (χ4v) is 9.77. The number of aliphatic hydroxyl groups excluding tert-OH is 2. The summed E-state index contributed by atoms with van der Waals surface area (Å²) in [7, 11) is 4.63. The standard InChI is InChI=1S/C51H77NO12/c1-31(26-36(6)45(55)47(62-10)46(56)37(7)28-35(5)41(53)23-19-32(2)27-38-21-24-42(54)44(29-38)61-9)16-12-11-13-17-33(3)43(60-8)30-39-22-20-34(4)48(57)51(63-39)50(59)52-25-15-14-18-40(52)49(58)64-51/h11-13,16-17,19,23,28,31-32,34-36,38-40,42-44,46-47,54,56H,14-15,18,20-22,24-27,29-30H2,1-10H3/b13-11+,16-12+,23-19+,33-17+,37-28+/t31-,32+,34-,35-,36-,38+,39+,40+,42-,43+,44-,46-,47+,51?/m1/s1. The van der Waals surface area contributed by atoms with E-state index in [0.29, 0.717) is 50.1 Å². The van der Waals surface area contributed by atoms with Crippen LogP contribution in [-0.2, 0) is 47.7 Å². The lowest BCUT2D eigenvalue weighted by Gasteiger charge is -2.45. The van der Waals surface area contributed by atoms with E-state index in [1.807, 2.05) is 57.2 Å². The van der Waals surface area contributed by atoms with E-state index in [-0.39, 0.29) is 29.5 Å². The van der Waals surface area contributed by atoms with Gasteiger partial charge < -0.3 is 38.8 Å². The van der Waals surface area contributed by atoms with E-state index in [0.717, 1.165) is 44.1 Å². The number of hydrogen-bond acceptors (Lipinski definition) is 12. The van der Waals surface area contributed by atoms with E-state index in [9.17, 15) is 34.2 Å². The first-order chi connectivity index (χ1) is 30.4. The molecule has 13 nitrogen and oxygen atoms in total. The van der Waals surface area contributed by atoms with Crippen molar-refractivity contribution in [2.75, 3.05) is 27.9 Å². The third kappa shape index (κ3) is 13.7. The van der Waals surface area contributed by atoms with Crippen molar-refractivity contribution in [3.8, 4) is 0 Å².